The van der Waals surface area contributed by atoms with Gasteiger partial charge in [-0.15, -0.1) is 0 Å². The summed E-state index contributed by atoms with van der Waals surface area (Å²) in [5.41, 5.74) is 0.680. The average Bonchev–Trinajstić information content (AvgIpc) is 2.49. The number of ether oxygens (including phenoxy) is 2. The lowest BCUT2D eigenvalue weighted by molar-refractivity contribution is -0.118. The van der Waals surface area contributed by atoms with Crippen LogP contribution in [0.1, 0.15) is 6.92 Å². The van der Waals surface area contributed by atoms with E-state index in [1.807, 2.05) is 6.92 Å². The Hall–Kier alpha value is -2.20. The van der Waals surface area contributed by atoms with Crippen molar-refractivity contribution in [3.8, 4) is 11.5 Å². The second-order valence-electron chi connectivity index (χ2n) is 4.25. The second kappa shape index (κ2) is 7.55. The molecule has 2 aromatic carbocycles. The average molecular weight is 306 g/mol. The van der Waals surface area contributed by atoms with Gasteiger partial charge in [-0.3, -0.25) is 4.79 Å². The van der Waals surface area contributed by atoms with Crippen molar-refractivity contribution in [1.82, 2.24) is 0 Å². The Labute approximate surface area is 128 Å². The van der Waals surface area contributed by atoms with E-state index in [-0.39, 0.29) is 12.5 Å². The molecule has 0 atom stereocenters. The first-order chi connectivity index (χ1) is 10.2. The maximum atomic E-state index is 11.7. The van der Waals surface area contributed by atoms with Gasteiger partial charge in [0.2, 0.25) is 0 Å². The molecular formula is C16H16ClNO3. The van der Waals surface area contributed by atoms with E-state index in [1.165, 1.54) is 0 Å². The molecule has 1 N–H and O–H groups in total. The molecule has 0 spiro atoms. The summed E-state index contributed by atoms with van der Waals surface area (Å²) in [7, 11) is 0. The fourth-order valence-electron chi connectivity index (χ4n) is 1.68. The molecule has 0 fully saturated rings. The first kappa shape index (κ1) is 15.2. The summed E-state index contributed by atoms with van der Waals surface area (Å²) in [4.78, 5) is 11.7. The number of halogens is 1. The monoisotopic (exact) mass is 305 g/mol. The van der Waals surface area contributed by atoms with E-state index >= 15 is 0 Å². The Morgan fingerprint density at radius 3 is 2.14 bits per heavy atom. The highest BCUT2D eigenvalue weighted by Gasteiger charge is 2.04. The summed E-state index contributed by atoms with van der Waals surface area (Å²) in [6, 6.07) is 14.0. The highest BCUT2D eigenvalue weighted by molar-refractivity contribution is 6.30. The standard InChI is InChI=1S/C16H16ClNO3/c1-2-20-14-7-9-15(10-8-14)21-11-16(19)18-13-5-3-12(17)4-6-13/h3-10H,2,11H2,1H3,(H,18,19). The first-order valence-corrected chi connectivity index (χ1v) is 6.96. The van der Waals surface area contributed by atoms with Gasteiger partial charge in [-0.2, -0.15) is 0 Å². The van der Waals surface area contributed by atoms with Gasteiger partial charge in [0, 0.05) is 10.7 Å². The Kier molecular flexibility index (Phi) is 5.46. The van der Waals surface area contributed by atoms with Crippen molar-refractivity contribution in [2.45, 2.75) is 6.92 Å². The number of rotatable bonds is 6. The molecular weight excluding hydrogens is 290 g/mol. The summed E-state index contributed by atoms with van der Waals surface area (Å²) in [5, 5.41) is 3.35. The Morgan fingerprint density at radius 2 is 1.57 bits per heavy atom. The number of nitrogens with one attached hydrogen (secondary N) is 1. The SMILES string of the molecule is CCOc1ccc(OCC(=O)Nc2ccc(Cl)cc2)cc1. The van der Waals surface area contributed by atoms with Crippen molar-refractivity contribution in [1.29, 1.82) is 0 Å². The number of amides is 1. The molecule has 0 unspecified atom stereocenters. The van der Waals surface area contributed by atoms with Gasteiger partial charge < -0.3 is 14.8 Å². The van der Waals surface area contributed by atoms with Crippen LogP contribution in [0.4, 0.5) is 5.69 Å². The van der Waals surface area contributed by atoms with Gasteiger partial charge in [-0.25, -0.2) is 0 Å². The number of carbonyl (C=O) groups is 1. The van der Waals surface area contributed by atoms with Crippen LogP contribution in [0.25, 0.3) is 0 Å². The zero-order valence-corrected chi connectivity index (χ0v) is 12.4. The lowest BCUT2D eigenvalue weighted by Crippen LogP contribution is -2.20. The van der Waals surface area contributed by atoms with Crippen LogP contribution < -0.4 is 14.8 Å². The Morgan fingerprint density at radius 1 is 1.00 bits per heavy atom. The van der Waals surface area contributed by atoms with Crippen LogP contribution in [0.5, 0.6) is 11.5 Å². The molecule has 0 aliphatic rings. The van der Waals surface area contributed by atoms with E-state index in [4.69, 9.17) is 21.1 Å². The van der Waals surface area contributed by atoms with Gasteiger partial charge in [0.15, 0.2) is 6.61 Å². The van der Waals surface area contributed by atoms with Crippen LogP contribution in [-0.4, -0.2) is 19.1 Å². The van der Waals surface area contributed by atoms with Crippen LogP contribution in [0.3, 0.4) is 0 Å². The molecule has 0 saturated carbocycles. The fourth-order valence-corrected chi connectivity index (χ4v) is 1.80. The minimum Gasteiger partial charge on any atom is -0.494 e. The van der Waals surface area contributed by atoms with E-state index in [0.717, 1.165) is 5.75 Å². The maximum Gasteiger partial charge on any atom is 0.262 e. The largest absolute Gasteiger partial charge is 0.494 e. The minimum atomic E-state index is -0.230. The number of hydrogen-bond acceptors (Lipinski definition) is 3. The van der Waals surface area contributed by atoms with Crippen molar-refractivity contribution >= 4 is 23.2 Å². The zero-order chi connectivity index (χ0) is 15.1. The lowest BCUT2D eigenvalue weighted by atomic mass is 10.3. The van der Waals surface area contributed by atoms with E-state index in [1.54, 1.807) is 48.5 Å². The summed E-state index contributed by atoms with van der Waals surface area (Å²) < 4.78 is 10.7. The Bertz CT molecular complexity index is 581. The van der Waals surface area contributed by atoms with Gasteiger partial charge in [-0.1, -0.05) is 11.6 Å². The van der Waals surface area contributed by atoms with E-state index in [2.05, 4.69) is 5.32 Å². The molecule has 2 aromatic rings. The van der Waals surface area contributed by atoms with E-state index in [9.17, 15) is 4.79 Å². The zero-order valence-electron chi connectivity index (χ0n) is 11.6. The van der Waals surface area contributed by atoms with Gasteiger partial charge in [-0.05, 0) is 55.5 Å². The number of hydrogen-bond donors (Lipinski definition) is 1. The molecule has 0 aliphatic heterocycles. The van der Waals surface area contributed by atoms with Gasteiger partial charge in [0.05, 0.1) is 6.61 Å². The van der Waals surface area contributed by atoms with E-state index < -0.39 is 0 Å². The Balaban J connectivity index is 1.81. The van der Waals surface area contributed by atoms with Crippen molar-refractivity contribution in [2.75, 3.05) is 18.5 Å². The molecule has 4 nitrogen and oxygen atoms in total. The predicted octanol–water partition coefficient (Wildman–Crippen LogP) is 3.76. The normalized spacial score (nSPS) is 10.0. The molecule has 0 radical (unpaired) electrons. The third kappa shape index (κ3) is 5.00. The molecule has 1 amide bonds. The fraction of sp³-hybridized carbons (Fsp3) is 0.188. The van der Waals surface area contributed by atoms with Crippen LogP contribution >= 0.6 is 11.6 Å². The second-order valence-corrected chi connectivity index (χ2v) is 4.68. The maximum absolute atomic E-state index is 11.7. The third-order valence-corrected chi connectivity index (χ3v) is 2.88. The van der Waals surface area contributed by atoms with Crippen molar-refractivity contribution in [3.63, 3.8) is 0 Å². The van der Waals surface area contributed by atoms with E-state index in [0.29, 0.717) is 23.1 Å². The minimum absolute atomic E-state index is 0.0589. The smallest absolute Gasteiger partial charge is 0.262 e. The van der Waals surface area contributed by atoms with Gasteiger partial charge >= 0.3 is 0 Å². The summed E-state index contributed by atoms with van der Waals surface area (Å²) in [5.74, 6) is 1.16. The van der Waals surface area contributed by atoms with Crippen molar-refractivity contribution in [3.05, 3.63) is 53.6 Å². The number of anilines is 1. The molecule has 0 saturated heterocycles. The highest BCUT2D eigenvalue weighted by Crippen LogP contribution is 2.17. The van der Waals surface area contributed by atoms with Crippen LogP contribution in [0.2, 0.25) is 5.02 Å². The quantitative estimate of drug-likeness (QED) is 0.884. The highest BCUT2D eigenvalue weighted by atomic mass is 35.5. The van der Waals surface area contributed by atoms with Gasteiger partial charge in [0.1, 0.15) is 11.5 Å². The lowest BCUT2D eigenvalue weighted by Gasteiger charge is -2.08. The molecule has 0 aromatic heterocycles. The predicted molar refractivity (Wildman–Crippen MR) is 83.2 cm³/mol. The van der Waals surface area contributed by atoms with Crippen molar-refractivity contribution in [2.24, 2.45) is 0 Å². The summed E-state index contributed by atoms with van der Waals surface area (Å²) in [6.07, 6.45) is 0. The first-order valence-electron chi connectivity index (χ1n) is 6.58. The number of carbonyl (C=O) groups excluding carboxylic acids is 1. The molecule has 0 heterocycles. The van der Waals surface area contributed by atoms with Crippen LogP contribution in [0, 0.1) is 0 Å². The van der Waals surface area contributed by atoms with Crippen molar-refractivity contribution < 1.29 is 14.3 Å². The molecule has 2 rings (SSSR count). The third-order valence-electron chi connectivity index (χ3n) is 2.63. The summed E-state index contributed by atoms with van der Waals surface area (Å²) in [6.45, 7) is 2.48. The topological polar surface area (TPSA) is 47.6 Å². The molecule has 110 valence electrons. The van der Waals surface area contributed by atoms with Gasteiger partial charge in [0.25, 0.3) is 5.91 Å². The number of benzene rings is 2. The van der Waals surface area contributed by atoms with Crippen LogP contribution in [-0.2, 0) is 4.79 Å². The van der Waals surface area contributed by atoms with Crippen LogP contribution in [0.15, 0.2) is 48.5 Å². The molecule has 21 heavy (non-hydrogen) atoms. The molecule has 5 heteroatoms. The molecule has 0 aliphatic carbocycles. The summed E-state index contributed by atoms with van der Waals surface area (Å²) >= 11 is 5.78. The molecule has 0 bridgehead atoms.